The van der Waals surface area contributed by atoms with Gasteiger partial charge in [0.2, 0.25) is 0 Å². The molecule has 0 radical (unpaired) electrons. The molecule has 1 aromatic carbocycles. The van der Waals surface area contributed by atoms with Crippen molar-refractivity contribution in [1.82, 2.24) is 0 Å². The van der Waals surface area contributed by atoms with Crippen molar-refractivity contribution in [2.24, 2.45) is 5.73 Å². The summed E-state index contributed by atoms with van der Waals surface area (Å²) in [6.45, 7) is 1.35. The van der Waals surface area contributed by atoms with Crippen LogP contribution in [0, 0.1) is 0 Å². The van der Waals surface area contributed by atoms with Crippen molar-refractivity contribution in [3.05, 3.63) is 34.3 Å². The average molecular weight is 246 g/mol. The van der Waals surface area contributed by atoms with Crippen LogP contribution in [-0.2, 0) is 4.79 Å². The van der Waals surface area contributed by atoms with Gasteiger partial charge in [0.1, 0.15) is 6.17 Å². The largest absolute Gasteiger partial charge is 0.481 e. The zero-order valence-corrected chi connectivity index (χ0v) is 9.54. The maximum absolute atomic E-state index is 13.0. The second-order valence-electron chi connectivity index (χ2n) is 3.52. The third-order valence-corrected chi connectivity index (χ3v) is 2.72. The molecule has 0 spiro atoms. The maximum atomic E-state index is 13.0. The van der Waals surface area contributed by atoms with Crippen LogP contribution < -0.4 is 5.73 Å². The van der Waals surface area contributed by atoms with Gasteiger partial charge in [-0.1, -0.05) is 23.7 Å². The zero-order chi connectivity index (χ0) is 12.3. The van der Waals surface area contributed by atoms with Crippen molar-refractivity contribution in [1.29, 1.82) is 0 Å². The lowest BCUT2D eigenvalue weighted by Gasteiger charge is -2.13. The molecule has 0 amide bonds. The van der Waals surface area contributed by atoms with Gasteiger partial charge in [-0.2, -0.15) is 0 Å². The fourth-order valence-corrected chi connectivity index (χ4v) is 1.75. The normalized spacial score (nSPS) is 14.5. The lowest BCUT2D eigenvalue weighted by atomic mass is 9.97. The minimum atomic E-state index is -1.13. The van der Waals surface area contributed by atoms with E-state index in [4.69, 9.17) is 22.4 Å². The smallest absolute Gasteiger partial charge is 0.312 e. The van der Waals surface area contributed by atoms with E-state index in [9.17, 15) is 9.18 Å². The Hall–Kier alpha value is -1.13. The summed E-state index contributed by atoms with van der Waals surface area (Å²) >= 11 is 5.91. The van der Waals surface area contributed by atoms with Crippen LogP contribution in [0.5, 0.6) is 0 Å². The molecule has 3 N–H and O–H groups in total. The summed E-state index contributed by atoms with van der Waals surface area (Å²) in [5.41, 5.74) is 6.20. The first-order chi connectivity index (χ1) is 7.47. The van der Waals surface area contributed by atoms with Gasteiger partial charge in [0.15, 0.2) is 0 Å². The van der Waals surface area contributed by atoms with Crippen molar-refractivity contribution in [2.45, 2.75) is 19.0 Å². The number of aliphatic carboxylic acids is 1. The van der Waals surface area contributed by atoms with Crippen LogP contribution in [0.4, 0.5) is 4.39 Å². The van der Waals surface area contributed by atoms with E-state index >= 15 is 0 Å². The van der Waals surface area contributed by atoms with E-state index in [0.717, 1.165) is 0 Å². The van der Waals surface area contributed by atoms with Gasteiger partial charge >= 0.3 is 5.97 Å². The molecular weight excluding hydrogens is 233 g/mol. The Labute approximate surface area is 98.0 Å². The van der Waals surface area contributed by atoms with Crippen LogP contribution in [-0.4, -0.2) is 17.6 Å². The first-order valence-corrected chi connectivity index (χ1v) is 5.21. The lowest BCUT2D eigenvalue weighted by Crippen LogP contribution is -2.21. The van der Waals surface area contributed by atoms with Crippen LogP contribution in [0.15, 0.2) is 18.2 Å². The summed E-state index contributed by atoms with van der Waals surface area (Å²) in [4.78, 5) is 10.9. The number of alkyl halides is 1. The Morgan fingerprint density at radius 1 is 1.62 bits per heavy atom. The molecule has 2 atom stereocenters. The van der Waals surface area contributed by atoms with E-state index < -0.39 is 18.1 Å². The number of hydrogen-bond donors (Lipinski definition) is 2. The molecule has 0 aliphatic heterocycles. The molecule has 0 bridgehead atoms. The molecule has 0 aliphatic carbocycles. The molecule has 1 aromatic rings. The molecule has 1 rings (SSSR count). The SMILES string of the molecule is CC(F)c1ccc(C(CN)C(=O)O)c(Cl)c1. The summed E-state index contributed by atoms with van der Waals surface area (Å²) < 4.78 is 13.0. The van der Waals surface area contributed by atoms with Crippen molar-refractivity contribution in [2.75, 3.05) is 6.54 Å². The summed E-state index contributed by atoms with van der Waals surface area (Å²) in [6, 6.07) is 4.48. The fourth-order valence-electron chi connectivity index (χ4n) is 1.43. The number of rotatable bonds is 4. The van der Waals surface area contributed by atoms with Gasteiger partial charge in [-0.15, -0.1) is 0 Å². The topological polar surface area (TPSA) is 63.3 Å². The van der Waals surface area contributed by atoms with Crippen LogP contribution in [0.1, 0.15) is 30.1 Å². The molecule has 0 saturated heterocycles. The molecular formula is C11H13ClFNO2. The maximum Gasteiger partial charge on any atom is 0.312 e. The highest BCUT2D eigenvalue weighted by molar-refractivity contribution is 6.31. The molecule has 16 heavy (non-hydrogen) atoms. The van der Waals surface area contributed by atoms with Crippen molar-refractivity contribution >= 4 is 17.6 Å². The minimum absolute atomic E-state index is 0.0421. The third-order valence-electron chi connectivity index (χ3n) is 2.39. The summed E-state index contributed by atoms with van der Waals surface area (Å²) in [7, 11) is 0. The monoisotopic (exact) mass is 245 g/mol. The summed E-state index contributed by atoms with van der Waals surface area (Å²) in [5, 5.41) is 9.15. The Balaban J connectivity index is 3.11. The summed E-state index contributed by atoms with van der Waals surface area (Å²) in [5.74, 6) is -1.89. The number of halogens is 2. The van der Waals surface area contributed by atoms with Crippen LogP contribution in [0.2, 0.25) is 5.02 Å². The van der Waals surface area contributed by atoms with E-state index in [2.05, 4.69) is 0 Å². The Kier molecular flexibility index (Phi) is 4.26. The van der Waals surface area contributed by atoms with E-state index in [-0.39, 0.29) is 11.6 Å². The van der Waals surface area contributed by atoms with Crippen molar-refractivity contribution in [3.8, 4) is 0 Å². The van der Waals surface area contributed by atoms with E-state index in [0.29, 0.717) is 11.1 Å². The van der Waals surface area contributed by atoms with Crippen molar-refractivity contribution in [3.63, 3.8) is 0 Å². The van der Waals surface area contributed by atoms with E-state index in [1.54, 1.807) is 0 Å². The second-order valence-corrected chi connectivity index (χ2v) is 3.93. The van der Waals surface area contributed by atoms with Gasteiger partial charge in [0.05, 0.1) is 5.92 Å². The van der Waals surface area contributed by atoms with Crippen LogP contribution >= 0.6 is 11.6 Å². The first kappa shape index (κ1) is 12.9. The molecule has 0 fully saturated rings. The first-order valence-electron chi connectivity index (χ1n) is 4.83. The second kappa shape index (κ2) is 5.27. The van der Waals surface area contributed by atoms with Crippen LogP contribution in [0.25, 0.3) is 0 Å². The Morgan fingerprint density at radius 2 is 2.25 bits per heavy atom. The molecule has 0 aromatic heterocycles. The highest BCUT2D eigenvalue weighted by Gasteiger charge is 2.21. The Bertz CT molecular complexity index is 396. The molecule has 2 unspecified atom stereocenters. The van der Waals surface area contributed by atoms with Gasteiger partial charge < -0.3 is 10.8 Å². The number of carbonyl (C=O) groups is 1. The molecule has 88 valence electrons. The molecule has 3 nitrogen and oxygen atoms in total. The predicted octanol–water partition coefficient (Wildman–Crippen LogP) is 2.50. The number of carboxylic acid groups (broad SMARTS) is 1. The number of benzene rings is 1. The molecule has 5 heteroatoms. The van der Waals surface area contributed by atoms with Gasteiger partial charge in [0, 0.05) is 11.6 Å². The zero-order valence-electron chi connectivity index (χ0n) is 8.78. The fraction of sp³-hybridized carbons (Fsp3) is 0.364. The quantitative estimate of drug-likeness (QED) is 0.857. The van der Waals surface area contributed by atoms with Gasteiger partial charge in [-0.25, -0.2) is 4.39 Å². The standard InChI is InChI=1S/C11H13ClFNO2/c1-6(13)7-2-3-8(10(12)4-7)9(5-14)11(15)16/h2-4,6,9H,5,14H2,1H3,(H,15,16). The molecule has 0 saturated carbocycles. The van der Waals surface area contributed by atoms with E-state index in [1.807, 2.05) is 0 Å². The predicted molar refractivity (Wildman–Crippen MR) is 60.4 cm³/mol. The molecule has 0 heterocycles. The Morgan fingerprint density at radius 3 is 2.62 bits per heavy atom. The third kappa shape index (κ3) is 2.71. The molecule has 0 aliphatic rings. The highest BCUT2D eigenvalue weighted by atomic mass is 35.5. The minimum Gasteiger partial charge on any atom is -0.481 e. The lowest BCUT2D eigenvalue weighted by molar-refractivity contribution is -0.138. The highest BCUT2D eigenvalue weighted by Crippen LogP contribution is 2.28. The average Bonchev–Trinajstić information content (AvgIpc) is 2.20. The van der Waals surface area contributed by atoms with Crippen LogP contribution in [0.3, 0.4) is 0 Å². The van der Waals surface area contributed by atoms with Crippen molar-refractivity contribution < 1.29 is 14.3 Å². The van der Waals surface area contributed by atoms with Gasteiger partial charge in [-0.05, 0) is 24.1 Å². The van der Waals surface area contributed by atoms with Gasteiger partial charge in [-0.3, -0.25) is 4.79 Å². The number of carboxylic acids is 1. The van der Waals surface area contributed by atoms with E-state index in [1.165, 1.54) is 25.1 Å². The number of nitrogens with two attached hydrogens (primary N) is 1. The summed E-state index contributed by atoms with van der Waals surface area (Å²) in [6.07, 6.45) is -1.13. The number of hydrogen-bond acceptors (Lipinski definition) is 2. The van der Waals surface area contributed by atoms with Gasteiger partial charge in [0.25, 0.3) is 0 Å².